The second kappa shape index (κ2) is 6.00. The van der Waals surface area contributed by atoms with Crippen molar-refractivity contribution < 1.29 is 9.47 Å². The van der Waals surface area contributed by atoms with E-state index in [9.17, 15) is 0 Å². The highest BCUT2D eigenvalue weighted by Crippen LogP contribution is 2.30. The fourth-order valence-corrected chi connectivity index (χ4v) is 1.59. The molecule has 0 atom stereocenters. The number of hydrogen-bond donors (Lipinski definition) is 2. The fourth-order valence-electron chi connectivity index (χ4n) is 1.59. The van der Waals surface area contributed by atoms with E-state index in [1.165, 1.54) is 0 Å². The lowest BCUT2D eigenvalue weighted by Gasteiger charge is -2.11. The molecule has 0 radical (unpaired) electrons. The number of hydrogen-bond acceptors (Lipinski definition) is 4. The lowest BCUT2D eigenvalue weighted by molar-refractivity contribution is 0.317. The molecule has 0 heterocycles. The molecular weight excluding hydrogens is 240 g/mol. The van der Waals surface area contributed by atoms with Crippen molar-refractivity contribution in [3.05, 3.63) is 42.5 Å². The maximum absolute atomic E-state index is 5.85. The summed E-state index contributed by atoms with van der Waals surface area (Å²) in [5.41, 5.74) is 12.8. The number of benzene rings is 2. The first-order chi connectivity index (χ1) is 9.19. The maximum Gasteiger partial charge on any atom is 0.145 e. The number of nitrogen functional groups attached to an aromatic ring is 2. The average molecular weight is 258 g/mol. The van der Waals surface area contributed by atoms with Gasteiger partial charge in [-0.2, -0.15) is 0 Å². The van der Waals surface area contributed by atoms with Gasteiger partial charge in [-0.25, -0.2) is 0 Å². The Morgan fingerprint density at radius 1 is 0.947 bits per heavy atom. The summed E-state index contributed by atoms with van der Waals surface area (Å²) in [5.74, 6) is 2.06. The molecule has 19 heavy (non-hydrogen) atoms. The quantitative estimate of drug-likeness (QED) is 0.806. The predicted octanol–water partition coefficient (Wildman–Crippen LogP) is 3.43. The third-order valence-electron chi connectivity index (χ3n) is 2.56. The van der Waals surface area contributed by atoms with Gasteiger partial charge in [0.1, 0.15) is 17.2 Å². The first kappa shape index (κ1) is 13.1. The first-order valence-electron chi connectivity index (χ1n) is 6.24. The summed E-state index contributed by atoms with van der Waals surface area (Å²) in [4.78, 5) is 0. The molecule has 0 aliphatic carbocycles. The van der Waals surface area contributed by atoms with Gasteiger partial charge in [0.2, 0.25) is 0 Å². The molecule has 0 bridgehead atoms. The van der Waals surface area contributed by atoms with Crippen LogP contribution < -0.4 is 20.9 Å². The van der Waals surface area contributed by atoms with E-state index in [1.54, 1.807) is 24.3 Å². The summed E-state index contributed by atoms with van der Waals surface area (Å²) in [6.07, 6.45) is 0.933. The third-order valence-corrected chi connectivity index (χ3v) is 2.56. The van der Waals surface area contributed by atoms with Crippen molar-refractivity contribution in [3.63, 3.8) is 0 Å². The van der Waals surface area contributed by atoms with E-state index in [0.717, 1.165) is 12.2 Å². The second-order valence-electron chi connectivity index (χ2n) is 4.22. The Morgan fingerprint density at radius 3 is 2.32 bits per heavy atom. The van der Waals surface area contributed by atoms with Gasteiger partial charge in [-0.3, -0.25) is 0 Å². The molecule has 0 amide bonds. The molecule has 2 rings (SSSR count). The van der Waals surface area contributed by atoms with E-state index in [-0.39, 0.29) is 0 Å². The molecule has 4 nitrogen and oxygen atoms in total. The summed E-state index contributed by atoms with van der Waals surface area (Å²) < 4.78 is 11.3. The van der Waals surface area contributed by atoms with Crippen LogP contribution in [0.5, 0.6) is 17.2 Å². The van der Waals surface area contributed by atoms with Crippen LogP contribution in [0.25, 0.3) is 0 Å². The van der Waals surface area contributed by atoms with Gasteiger partial charge in [-0.15, -0.1) is 0 Å². The highest BCUT2D eigenvalue weighted by atomic mass is 16.5. The van der Waals surface area contributed by atoms with Gasteiger partial charge in [-0.05, 0) is 42.8 Å². The average Bonchev–Trinajstić information content (AvgIpc) is 2.42. The molecule has 0 aliphatic rings. The van der Waals surface area contributed by atoms with Crippen LogP contribution >= 0.6 is 0 Å². The van der Waals surface area contributed by atoms with Gasteiger partial charge < -0.3 is 20.9 Å². The number of anilines is 2. The van der Waals surface area contributed by atoms with Crippen LogP contribution in [0.4, 0.5) is 11.4 Å². The predicted molar refractivity (Wildman–Crippen MR) is 77.6 cm³/mol. The molecule has 0 aromatic heterocycles. The molecule has 0 saturated heterocycles. The Labute approximate surface area is 112 Å². The van der Waals surface area contributed by atoms with Gasteiger partial charge >= 0.3 is 0 Å². The molecule has 0 spiro atoms. The molecule has 2 aromatic carbocycles. The molecule has 0 fully saturated rings. The van der Waals surface area contributed by atoms with E-state index in [0.29, 0.717) is 29.5 Å². The van der Waals surface area contributed by atoms with Crippen LogP contribution in [0.1, 0.15) is 13.3 Å². The standard InChI is InChI=1S/C15H18N2O2/c1-2-9-18-15-10-13(7-8-14(15)17)19-12-5-3-11(16)4-6-12/h3-8,10H,2,9,16-17H2,1H3. The van der Waals surface area contributed by atoms with Crippen molar-refractivity contribution in [2.24, 2.45) is 0 Å². The minimum absolute atomic E-state index is 0.609. The Kier molecular flexibility index (Phi) is 4.13. The van der Waals surface area contributed by atoms with E-state index < -0.39 is 0 Å². The lowest BCUT2D eigenvalue weighted by Crippen LogP contribution is -1.99. The van der Waals surface area contributed by atoms with Crippen LogP contribution in [0, 0.1) is 0 Å². The largest absolute Gasteiger partial charge is 0.491 e. The highest BCUT2D eigenvalue weighted by molar-refractivity contribution is 5.56. The summed E-state index contributed by atoms with van der Waals surface area (Å²) in [6.45, 7) is 2.68. The Bertz CT molecular complexity index is 538. The maximum atomic E-state index is 5.85. The van der Waals surface area contributed by atoms with Crippen LogP contribution in [-0.4, -0.2) is 6.61 Å². The number of ether oxygens (including phenoxy) is 2. The first-order valence-corrected chi connectivity index (χ1v) is 6.24. The van der Waals surface area contributed by atoms with Gasteiger partial charge in [0, 0.05) is 11.8 Å². The fraction of sp³-hybridized carbons (Fsp3) is 0.200. The van der Waals surface area contributed by atoms with Crippen molar-refractivity contribution in [2.75, 3.05) is 18.1 Å². The Hall–Kier alpha value is -2.36. The van der Waals surface area contributed by atoms with E-state index in [1.807, 2.05) is 25.1 Å². The van der Waals surface area contributed by atoms with Crippen molar-refractivity contribution in [2.45, 2.75) is 13.3 Å². The lowest BCUT2D eigenvalue weighted by atomic mass is 10.2. The van der Waals surface area contributed by atoms with Gasteiger partial charge in [0.25, 0.3) is 0 Å². The summed E-state index contributed by atoms with van der Waals surface area (Å²) >= 11 is 0. The number of rotatable bonds is 5. The van der Waals surface area contributed by atoms with Crippen LogP contribution in [0.3, 0.4) is 0 Å². The van der Waals surface area contributed by atoms with Gasteiger partial charge in [-0.1, -0.05) is 6.92 Å². The SMILES string of the molecule is CCCOc1cc(Oc2ccc(N)cc2)ccc1N. The van der Waals surface area contributed by atoms with Gasteiger partial charge in [0.05, 0.1) is 12.3 Å². The summed E-state index contributed by atoms with van der Waals surface area (Å²) in [7, 11) is 0. The molecule has 100 valence electrons. The monoisotopic (exact) mass is 258 g/mol. The van der Waals surface area contributed by atoms with E-state index in [4.69, 9.17) is 20.9 Å². The van der Waals surface area contributed by atoms with Crippen molar-refractivity contribution >= 4 is 11.4 Å². The van der Waals surface area contributed by atoms with Gasteiger partial charge in [0.15, 0.2) is 0 Å². The molecular formula is C15H18N2O2. The minimum atomic E-state index is 0.609. The highest BCUT2D eigenvalue weighted by Gasteiger charge is 2.04. The van der Waals surface area contributed by atoms with E-state index in [2.05, 4.69) is 0 Å². The zero-order valence-electron chi connectivity index (χ0n) is 10.9. The zero-order valence-corrected chi connectivity index (χ0v) is 10.9. The molecule has 0 unspecified atom stereocenters. The second-order valence-corrected chi connectivity index (χ2v) is 4.22. The normalized spacial score (nSPS) is 10.2. The minimum Gasteiger partial charge on any atom is -0.491 e. The molecule has 0 saturated carbocycles. The molecule has 2 aromatic rings. The Morgan fingerprint density at radius 2 is 1.63 bits per heavy atom. The zero-order chi connectivity index (χ0) is 13.7. The number of nitrogens with two attached hydrogens (primary N) is 2. The smallest absolute Gasteiger partial charge is 0.145 e. The Balaban J connectivity index is 2.14. The molecule has 4 heteroatoms. The molecule has 0 aliphatic heterocycles. The van der Waals surface area contributed by atoms with Crippen LogP contribution in [-0.2, 0) is 0 Å². The van der Waals surface area contributed by atoms with Crippen molar-refractivity contribution in [1.82, 2.24) is 0 Å². The van der Waals surface area contributed by atoms with E-state index >= 15 is 0 Å². The third kappa shape index (κ3) is 3.55. The van der Waals surface area contributed by atoms with Crippen molar-refractivity contribution in [1.29, 1.82) is 0 Å². The summed E-state index contributed by atoms with van der Waals surface area (Å²) in [5, 5.41) is 0. The van der Waals surface area contributed by atoms with Crippen molar-refractivity contribution in [3.8, 4) is 17.2 Å². The van der Waals surface area contributed by atoms with Crippen LogP contribution in [0.15, 0.2) is 42.5 Å². The molecule has 4 N–H and O–H groups in total. The summed E-state index contributed by atoms with van der Waals surface area (Å²) in [6, 6.07) is 12.6. The topological polar surface area (TPSA) is 70.5 Å². The van der Waals surface area contributed by atoms with Crippen LogP contribution in [0.2, 0.25) is 0 Å².